The van der Waals surface area contributed by atoms with Gasteiger partial charge in [-0.15, -0.1) is 0 Å². The van der Waals surface area contributed by atoms with Crippen LogP contribution in [0.3, 0.4) is 0 Å². The van der Waals surface area contributed by atoms with Crippen LogP contribution in [0.4, 0.5) is 14.9 Å². The molecule has 1 aliphatic rings. The normalized spacial score (nSPS) is 14.4. The number of benzene rings is 4. The minimum atomic E-state index is -0.602. The van der Waals surface area contributed by atoms with Gasteiger partial charge in [0.15, 0.2) is 0 Å². The molecule has 4 aromatic carbocycles. The van der Waals surface area contributed by atoms with Crippen molar-refractivity contribution in [3.63, 3.8) is 0 Å². The highest BCUT2D eigenvalue weighted by molar-refractivity contribution is 9.10. The molecular formula is C29H20BrFN2O4S. The van der Waals surface area contributed by atoms with Crippen molar-refractivity contribution >= 4 is 67.3 Å². The Kier molecular flexibility index (Phi) is 7.57. The quantitative estimate of drug-likeness (QED) is 0.235. The highest BCUT2D eigenvalue weighted by Gasteiger charge is 2.36. The van der Waals surface area contributed by atoms with Crippen LogP contribution in [0.15, 0.2) is 94.3 Å². The Hall–Kier alpha value is -3.95. The van der Waals surface area contributed by atoms with E-state index in [1.54, 1.807) is 24.3 Å². The van der Waals surface area contributed by atoms with Crippen LogP contribution in [0.5, 0.6) is 5.75 Å². The number of thioether (sulfide) groups is 1. The molecule has 1 saturated heterocycles. The van der Waals surface area contributed by atoms with Gasteiger partial charge in [-0.05, 0) is 86.0 Å². The zero-order valence-corrected chi connectivity index (χ0v) is 22.2. The SMILES string of the molecule is O=C(CN1C(=O)S/C(=C/c2ccc(OCc3cccc4ccccc34)c(Br)c2)C1=O)Nc1cccc(F)c1. The molecular weight excluding hydrogens is 571 g/mol. The summed E-state index contributed by atoms with van der Waals surface area (Å²) < 4.78 is 20.1. The molecule has 0 atom stereocenters. The van der Waals surface area contributed by atoms with Gasteiger partial charge >= 0.3 is 0 Å². The number of carbonyl (C=O) groups is 3. The molecule has 1 N–H and O–H groups in total. The van der Waals surface area contributed by atoms with Crippen LogP contribution >= 0.6 is 27.7 Å². The van der Waals surface area contributed by atoms with Gasteiger partial charge in [-0.2, -0.15) is 0 Å². The van der Waals surface area contributed by atoms with Crippen LogP contribution in [-0.2, 0) is 16.2 Å². The third-order valence-electron chi connectivity index (χ3n) is 5.80. The van der Waals surface area contributed by atoms with Crippen molar-refractivity contribution in [2.24, 2.45) is 0 Å². The number of carbonyl (C=O) groups excluding carboxylic acids is 3. The van der Waals surface area contributed by atoms with Crippen LogP contribution in [0.2, 0.25) is 0 Å². The topological polar surface area (TPSA) is 75.7 Å². The van der Waals surface area contributed by atoms with Crippen LogP contribution < -0.4 is 10.1 Å². The summed E-state index contributed by atoms with van der Waals surface area (Å²) in [4.78, 5) is 38.6. The van der Waals surface area contributed by atoms with E-state index in [0.717, 1.165) is 39.1 Å². The first kappa shape index (κ1) is 25.7. The molecule has 0 radical (unpaired) electrons. The fraction of sp³-hybridized carbons (Fsp3) is 0.0690. The van der Waals surface area contributed by atoms with Gasteiger partial charge in [0.2, 0.25) is 5.91 Å². The van der Waals surface area contributed by atoms with E-state index in [1.807, 2.05) is 24.3 Å². The van der Waals surface area contributed by atoms with Gasteiger partial charge in [-0.25, -0.2) is 4.39 Å². The number of nitrogens with one attached hydrogen (secondary N) is 1. The average Bonchev–Trinajstić information content (AvgIpc) is 3.15. The summed E-state index contributed by atoms with van der Waals surface area (Å²) in [7, 11) is 0. The van der Waals surface area contributed by atoms with Gasteiger partial charge < -0.3 is 10.1 Å². The number of rotatable bonds is 7. The van der Waals surface area contributed by atoms with Crippen molar-refractivity contribution < 1.29 is 23.5 Å². The highest BCUT2D eigenvalue weighted by Crippen LogP contribution is 2.34. The van der Waals surface area contributed by atoms with E-state index in [0.29, 0.717) is 22.4 Å². The monoisotopic (exact) mass is 590 g/mol. The van der Waals surface area contributed by atoms with Crippen LogP contribution in [-0.4, -0.2) is 28.5 Å². The summed E-state index contributed by atoms with van der Waals surface area (Å²) >= 11 is 4.28. The molecule has 0 unspecified atom stereocenters. The van der Waals surface area contributed by atoms with Crippen LogP contribution in [0.25, 0.3) is 16.8 Å². The molecule has 5 rings (SSSR count). The minimum Gasteiger partial charge on any atom is -0.488 e. The average molecular weight is 591 g/mol. The first-order valence-electron chi connectivity index (χ1n) is 11.6. The van der Waals surface area contributed by atoms with Crippen molar-refractivity contribution in [1.29, 1.82) is 0 Å². The third-order valence-corrected chi connectivity index (χ3v) is 7.33. The minimum absolute atomic E-state index is 0.199. The fourth-order valence-corrected chi connectivity index (χ4v) is 5.35. The maximum absolute atomic E-state index is 13.3. The van der Waals surface area contributed by atoms with Crippen LogP contribution in [0, 0.1) is 5.82 Å². The summed E-state index contributed by atoms with van der Waals surface area (Å²) in [5, 5.41) is 4.21. The molecule has 0 aromatic heterocycles. The number of imide groups is 1. The summed E-state index contributed by atoms with van der Waals surface area (Å²) in [6.45, 7) is -0.0843. The Labute approximate surface area is 230 Å². The molecule has 0 bridgehead atoms. The standard InChI is InChI=1S/C29H20BrFN2O4S/c30-24-13-18(11-12-25(24)37-17-20-7-3-6-19-5-1-2-10-23(19)20)14-26-28(35)33(29(36)38-26)16-27(34)32-22-9-4-8-21(31)15-22/h1-15H,16-17H2,(H,32,34)/b26-14+. The first-order chi connectivity index (χ1) is 18.4. The van der Waals surface area contributed by atoms with Gasteiger partial charge in [-0.1, -0.05) is 54.6 Å². The second-order valence-corrected chi connectivity index (χ2v) is 10.3. The second-order valence-electron chi connectivity index (χ2n) is 8.44. The summed E-state index contributed by atoms with van der Waals surface area (Å²) in [6, 6.07) is 24.9. The van der Waals surface area contributed by atoms with E-state index in [1.165, 1.54) is 18.2 Å². The zero-order valence-electron chi connectivity index (χ0n) is 19.8. The maximum atomic E-state index is 13.3. The lowest BCUT2D eigenvalue weighted by atomic mass is 10.1. The predicted molar refractivity (Wildman–Crippen MR) is 150 cm³/mol. The molecule has 1 aliphatic heterocycles. The summed E-state index contributed by atoms with van der Waals surface area (Å²) in [6.07, 6.45) is 1.59. The van der Waals surface area contributed by atoms with Gasteiger partial charge in [0.1, 0.15) is 24.7 Å². The van der Waals surface area contributed by atoms with Crippen molar-refractivity contribution in [1.82, 2.24) is 4.90 Å². The van der Waals surface area contributed by atoms with Crippen molar-refractivity contribution in [2.75, 3.05) is 11.9 Å². The molecule has 38 heavy (non-hydrogen) atoms. The van der Waals surface area contributed by atoms with Gasteiger partial charge in [0.25, 0.3) is 11.1 Å². The number of fused-ring (bicyclic) bond motifs is 1. The lowest BCUT2D eigenvalue weighted by Gasteiger charge is -2.12. The Balaban J connectivity index is 1.24. The predicted octanol–water partition coefficient (Wildman–Crippen LogP) is 7.00. The van der Waals surface area contributed by atoms with Crippen molar-refractivity contribution in [3.05, 3.63) is 111 Å². The smallest absolute Gasteiger partial charge is 0.294 e. The molecule has 3 amide bonds. The van der Waals surface area contributed by atoms with Gasteiger partial charge in [0.05, 0.1) is 9.38 Å². The molecule has 190 valence electrons. The Bertz CT molecular complexity index is 1600. The second kappa shape index (κ2) is 11.2. The number of anilines is 1. The zero-order chi connectivity index (χ0) is 26.6. The molecule has 0 spiro atoms. The summed E-state index contributed by atoms with van der Waals surface area (Å²) in [5.41, 5.74) is 1.99. The number of hydrogen-bond acceptors (Lipinski definition) is 5. The Morgan fingerprint density at radius 3 is 2.61 bits per heavy atom. The Morgan fingerprint density at radius 2 is 1.79 bits per heavy atom. The highest BCUT2D eigenvalue weighted by atomic mass is 79.9. The number of halogens is 2. The maximum Gasteiger partial charge on any atom is 0.294 e. The molecule has 6 nitrogen and oxygen atoms in total. The van der Waals surface area contributed by atoms with Crippen molar-refractivity contribution in [3.8, 4) is 5.75 Å². The first-order valence-corrected chi connectivity index (χ1v) is 13.2. The van der Waals surface area contributed by atoms with Crippen molar-refractivity contribution in [2.45, 2.75) is 6.61 Å². The molecule has 1 fully saturated rings. The molecule has 9 heteroatoms. The molecule has 1 heterocycles. The van der Waals surface area contributed by atoms with E-state index >= 15 is 0 Å². The lowest BCUT2D eigenvalue weighted by molar-refractivity contribution is -0.127. The lowest BCUT2D eigenvalue weighted by Crippen LogP contribution is -2.36. The fourth-order valence-electron chi connectivity index (χ4n) is 4.00. The number of amides is 3. The summed E-state index contributed by atoms with van der Waals surface area (Å²) in [5.74, 6) is -1.04. The number of ether oxygens (including phenoxy) is 1. The van der Waals surface area contributed by atoms with E-state index in [9.17, 15) is 18.8 Å². The van der Waals surface area contributed by atoms with E-state index < -0.39 is 29.4 Å². The van der Waals surface area contributed by atoms with E-state index in [-0.39, 0.29) is 10.6 Å². The van der Waals surface area contributed by atoms with Crippen LogP contribution in [0.1, 0.15) is 11.1 Å². The largest absolute Gasteiger partial charge is 0.488 e. The number of nitrogens with zero attached hydrogens (tertiary/aromatic N) is 1. The third kappa shape index (κ3) is 5.79. The number of hydrogen-bond donors (Lipinski definition) is 1. The Morgan fingerprint density at radius 1 is 1.00 bits per heavy atom. The molecule has 4 aromatic rings. The van der Waals surface area contributed by atoms with E-state index in [4.69, 9.17) is 4.74 Å². The van der Waals surface area contributed by atoms with Gasteiger partial charge in [0, 0.05) is 5.69 Å². The van der Waals surface area contributed by atoms with E-state index in [2.05, 4.69) is 39.4 Å². The molecule has 0 saturated carbocycles. The van der Waals surface area contributed by atoms with Gasteiger partial charge in [-0.3, -0.25) is 19.3 Å². The molecule has 0 aliphatic carbocycles.